The van der Waals surface area contributed by atoms with Gasteiger partial charge in [-0.2, -0.15) is 26.3 Å². The van der Waals surface area contributed by atoms with Crippen molar-refractivity contribution in [3.8, 4) is 5.75 Å². The minimum absolute atomic E-state index is 0.000321. The first kappa shape index (κ1) is 29.4. The Labute approximate surface area is 239 Å². The maximum absolute atomic E-state index is 13.4. The quantitative estimate of drug-likeness (QED) is 0.228. The van der Waals surface area contributed by atoms with E-state index in [1.54, 1.807) is 19.4 Å². The Hall–Kier alpha value is -3.12. The number of ether oxygens (including phenoxy) is 1. The molecule has 0 spiro atoms. The molecule has 4 heterocycles. The summed E-state index contributed by atoms with van der Waals surface area (Å²) in [5.74, 6) is 1.72. The number of nitrogens with zero attached hydrogens (tertiary/aromatic N) is 2. The number of rotatable bonds is 6. The minimum Gasteiger partial charge on any atom is -0.497 e. The number of anilines is 1. The zero-order valence-corrected chi connectivity index (χ0v) is 23.3. The fourth-order valence-corrected chi connectivity index (χ4v) is 6.50. The van der Waals surface area contributed by atoms with Gasteiger partial charge in [-0.05, 0) is 91.5 Å². The SMILES string of the molecule is CCC1CN2CCC1CC2[C@H](NC(=S)Nc1cc(C(F)(F)F)cc(C(F)(F)F)c1)c1ccnc2ccc(OC)cc12. The maximum atomic E-state index is 13.4. The number of hydrogen-bond donors (Lipinski definition) is 2. The highest BCUT2D eigenvalue weighted by atomic mass is 32.1. The Morgan fingerprint density at radius 1 is 1.07 bits per heavy atom. The number of piperidine rings is 3. The molecule has 3 saturated heterocycles. The molecule has 41 heavy (non-hydrogen) atoms. The van der Waals surface area contributed by atoms with Gasteiger partial charge in [-0.1, -0.05) is 13.3 Å². The number of aromatic nitrogens is 1. The van der Waals surface area contributed by atoms with Gasteiger partial charge in [-0.3, -0.25) is 9.88 Å². The molecule has 4 unspecified atom stereocenters. The fourth-order valence-electron chi connectivity index (χ4n) is 6.25. The summed E-state index contributed by atoms with van der Waals surface area (Å²) in [4.78, 5) is 6.88. The average Bonchev–Trinajstić information content (AvgIpc) is 2.94. The molecule has 2 N–H and O–H groups in total. The lowest BCUT2D eigenvalue weighted by molar-refractivity contribution is -0.143. The molecule has 0 radical (unpaired) electrons. The first-order chi connectivity index (χ1) is 19.4. The third kappa shape index (κ3) is 6.23. The van der Waals surface area contributed by atoms with E-state index in [0.29, 0.717) is 29.7 Å². The highest BCUT2D eigenvalue weighted by molar-refractivity contribution is 7.80. The van der Waals surface area contributed by atoms with E-state index in [2.05, 4.69) is 27.4 Å². The fraction of sp³-hybridized carbons (Fsp3) is 0.448. The van der Waals surface area contributed by atoms with E-state index in [0.717, 1.165) is 48.8 Å². The Bertz CT molecular complexity index is 1400. The van der Waals surface area contributed by atoms with Gasteiger partial charge in [0.25, 0.3) is 0 Å². The Morgan fingerprint density at radius 3 is 2.37 bits per heavy atom. The van der Waals surface area contributed by atoms with E-state index in [-0.39, 0.29) is 17.2 Å². The zero-order chi connectivity index (χ0) is 29.5. The van der Waals surface area contributed by atoms with Crippen molar-refractivity contribution in [2.75, 3.05) is 25.5 Å². The molecule has 2 bridgehead atoms. The summed E-state index contributed by atoms with van der Waals surface area (Å²) in [7, 11) is 1.56. The summed E-state index contributed by atoms with van der Waals surface area (Å²) in [5.41, 5.74) is -1.64. The molecule has 6 rings (SSSR count). The van der Waals surface area contributed by atoms with Crippen molar-refractivity contribution in [3.63, 3.8) is 0 Å². The predicted octanol–water partition coefficient (Wildman–Crippen LogP) is 7.43. The van der Waals surface area contributed by atoms with Crippen molar-refractivity contribution >= 4 is 33.9 Å². The maximum Gasteiger partial charge on any atom is 0.416 e. The second kappa shape index (κ2) is 11.3. The average molecular weight is 597 g/mol. The molecule has 0 aliphatic carbocycles. The van der Waals surface area contributed by atoms with E-state index < -0.39 is 35.2 Å². The standard InChI is InChI=1S/C29H30F6N4OS/c1-3-16-15-39-9-7-17(16)10-25(39)26(22-6-8-36-24-5-4-21(40-2)14-23(22)24)38-27(41)37-20-12-18(28(30,31)32)11-19(13-20)29(33,34)35/h4-6,8,11-14,16-17,25-26H,3,7,9-10,15H2,1-2H3,(H2,37,38,41)/t16?,17?,25?,26-/m1/s1. The van der Waals surface area contributed by atoms with Gasteiger partial charge in [0.05, 0.1) is 29.8 Å². The second-order valence-corrected chi connectivity index (χ2v) is 11.1. The lowest BCUT2D eigenvalue weighted by Crippen LogP contribution is -2.58. The smallest absolute Gasteiger partial charge is 0.416 e. The normalized spacial score (nSPS) is 23.3. The number of benzene rings is 2. The zero-order valence-electron chi connectivity index (χ0n) is 22.4. The van der Waals surface area contributed by atoms with Gasteiger partial charge in [0, 0.05) is 29.9 Å². The number of fused-ring (bicyclic) bond motifs is 4. The van der Waals surface area contributed by atoms with Gasteiger partial charge in [0.15, 0.2) is 5.11 Å². The molecule has 3 aromatic rings. The van der Waals surface area contributed by atoms with Crippen LogP contribution in [-0.4, -0.2) is 41.2 Å². The predicted molar refractivity (Wildman–Crippen MR) is 149 cm³/mol. The Morgan fingerprint density at radius 2 is 1.78 bits per heavy atom. The molecule has 220 valence electrons. The first-order valence-electron chi connectivity index (χ1n) is 13.4. The second-order valence-electron chi connectivity index (χ2n) is 10.7. The number of hydrogen-bond acceptors (Lipinski definition) is 4. The van der Waals surface area contributed by atoms with Crippen LogP contribution in [0.4, 0.5) is 32.0 Å². The molecule has 0 saturated carbocycles. The molecule has 12 heteroatoms. The van der Waals surface area contributed by atoms with Crippen LogP contribution < -0.4 is 15.4 Å². The van der Waals surface area contributed by atoms with Crippen LogP contribution in [0.2, 0.25) is 0 Å². The number of nitrogens with one attached hydrogen (secondary N) is 2. The van der Waals surface area contributed by atoms with Gasteiger partial charge in [0.1, 0.15) is 5.75 Å². The van der Waals surface area contributed by atoms with Crippen molar-refractivity contribution in [3.05, 3.63) is 65.4 Å². The van der Waals surface area contributed by atoms with Crippen LogP contribution in [-0.2, 0) is 12.4 Å². The van der Waals surface area contributed by atoms with Crippen LogP contribution in [0.25, 0.3) is 10.9 Å². The number of halogens is 6. The number of alkyl halides is 6. The molecular formula is C29H30F6N4OS. The van der Waals surface area contributed by atoms with Gasteiger partial charge < -0.3 is 15.4 Å². The molecule has 2 aromatic carbocycles. The van der Waals surface area contributed by atoms with Crippen molar-refractivity contribution in [1.82, 2.24) is 15.2 Å². The summed E-state index contributed by atoms with van der Waals surface area (Å²) in [6, 6.07) is 8.32. The Balaban J connectivity index is 1.51. The summed E-state index contributed by atoms with van der Waals surface area (Å²) < 4.78 is 86.1. The Kier molecular flexibility index (Phi) is 8.08. The van der Waals surface area contributed by atoms with Crippen LogP contribution in [0.5, 0.6) is 5.75 Å². The highest BCUT2D eigenvalue weighted by Crippen LogP contribution is 2.43. The van der Waals surface area contributed by atoms with Crippen molar-refractivity contribution in [2.45, 2.75) is 50.6 Å². The van der Waals surface area contributed by atoms with Gasteiger partial charge in [-0.25, -0.2) is 0 Å². The number of thiocarbonyl (C=S) groups is 1. The summed E-state index contributed by atoms with van der Waals surface area (Å²) in [6.07, 6.45) is -5.21. The summed E-state index contributed by atoms with van der Waals surface area (Å²) in [5, 5.41) is 6.61. The summed E-state index contributed by atoms with van der Waals surface area (Å²) >= 11 is 5.51. The lowest BCUT2D eigenvalue weighted by Gasteiger charge is -2.52. The topological polar surface area (TPSA) is 49.4 Å². The monoisotopic (exact) mass is 596 g/mol. The lowest BCUT2D eigenvalue weighted by atomic mass is 9.72. The first-order valence-corrected chi connectivity index (χ1v) is 13.8. The molecule has 3 aliphatic heterocycles. The van der Waals surface area contributed by atoms with E-state index in [4.69, 9.17) is 17.0 Å². The van der Waals surface area contributed by atoms with Gasteiger partial charge >= 0.3 is 12.4 Å². The van der Waals surface area contributed by atoms with Crippen LogP contribution in [0.1, 0.15) is 48.9 Å². The van der Waals surface area contributed by atoms with E-state index >= 15 is 0 Å². The third-order valence-corrected chi connectivity index (χ3v) is 8.51. The molecular weight excluding hydrogens is 566 g/mol. The van der Waals surface area contributed by atoms with Crippen LogP contribution >= 0.6 is 12.2 Å². The molecule has 1 aromatic heterocycles. The molecule has 3 aliphatic rings. The van der Waals surface area contributed by atoms with Crippen molar-refractivity contribution in [1.29, 1.82) is 0 Å². The largest absolute Gasteiger partial charge is 0.497 e. The van der Waals surface area contributed by atoms with E-state index in [1.165, 1.54) is 0 Å². The number of pyridine rings is 1. The molecule has 5 atom stereocenters. The summed E-state index contributed by atoms with van der Waals surface area (Å²) in [6.45, 7) is 4.00. The van der Waals surface area contributed by atoms with Crippen LogP contribution in [0.3, 0.4) is 0 Å². The van der Waals surface area contributed by atoms with Gasteiger partial charge in [-0.15, -0.1) is 0 Å². The van der Waals surface area contributed by atoms with Crippen molar-refractivity contribution < 1.29 is 31.1 Å². The molecule has 5 nitrogen and oxygen atoms in total. The third-order valence-electron chi connectivity index (χ3n) is 8.29. The highest BCUT2D eigenvalue weighted by Gasteiger charge is 2.43. The molecule has 3 fully saturated rings. The van der Waals surface area contributed by atoms with E-state index in [9.17, 15) is 26.3 Å². The number of methoxy groups -OCH3 is 1. The van der Waals surface area contributed by atoms with Crippen LogP contribution in [0, 0.1) is 11.8 Å². The van der Waals surface area contributed by atoms with Gasteiger partial charge in [0.2, 0.25) is 0 Å². The van der Waals surface area contributed by atoms with Crippen LogP contribution in [0.15, 0.2) is 48.7 Å². The van der Waals surface area contributed by atoms with Crippen molar-refractivity contribution in [2.24, 2.45) is 11.8 Å². The minimum atomic E-state index is -4.96. The molecule has 0 amide bonds. The van der Waals surface area contributed by atoms with E-state index in [1.807, 2.05) is 18.2 Å².